The SMILES string of the molecule is C=C(N/C(C)=C(\C)C(=NC)C(C=NC)=CN)N[C@H]1COC(CCOC)C1. The van der Waals surface area contributed by atoms with Gasteiger partial charge in [0.2, 0.25) is 0 Å². The first-order chi connectivity index (χ1) is 12.5. The Bertz CT molecular complexity index is 593. The van der Waals surface area contributed by atoms with Crippen LogP contribution in [-0.2, 0) is 9.47 Å². The van der Waals surface area contributed by atoms with Crippen LogP contribution in [0.5, 0.6) is 0 Å². The molecule has 1 fully saturated rings. The Morgan fingerprint density at radius 2 is 2.12 bits per heavy atom. The van der Waals surface area contributed by atoms with Gasteiger partial charge in [0.1, 0.15) is 0 Å². The molecule has 1 aliphatic heterocycles. The third-order valence-electron chi connectivity index (χ3n) is 4.30. The van der Waals surface area contributed by atoms with Crippen LogP contribution in [0.15, 0.2) is 45.4 Å². The molecule has 0 aromatic carbocycles. The van der Waals surface area contributed by atoms with Crippen LogP contribution < -0.4 is 16.4 Å². The summed E-state index contributed by atoms with van der Waals surface area (Å²) < 4.78 is 10.9. The van der Waals surface area contributed by atoms with Crippen molar-refractivity contribution in [1.82, 2.24) is 10.6 Å². The van der Waals surface area contributed by atoms with E-state index in [2.05, 4.69) is 27.2 Å². The van der Waals surface area contributed by atoms with E-state index in [0.717, 1.165) is 47.8 Å². The van der Waals surface area contributed by atoms with Crippen LogP contribution in [0.4, 0.5) is 0 Å². The van der Waals surface area contributed by atoms with Gasteiger partial charge >= 0.3 is 0 Å². The third-order valence-corrected chi connectivity index (χ3v) is 4.30. The van der Waals surface area contributed by atoms with E-state index in [1.165, 1.54) is 6.20 Å². The number of rotatable bonds is 10. The lowest BCUT2D eigenvalue weighted by Gasteiger charge is -2.19. The highest BCUT2D eigenvalue weighted by Crippen LogP contribution is 2.17. The molecule has 1 unspecified atom stereocenters. The molecule has 7 heteroatoms. The Morgan fingerprint density at radius 1 is 1.38 bits per heavy atom. The van der Waals surface area contributed by atoms with E-state index in [0.29, 0.717) is 6.61 Å². The van der Waals surface area contributed by atoms with Crippen molar-refractivity contribution in [3.63, 3.8) is 0 Å². The Labute approximate surface area is 157 Å². The van der Waals surface area contributed by atoms with Crippen LogP contribution in [0.25, 0.3) is 0 Å². The van der Waals surface area contributed by atoms with Crippen LogP contribution in [0, 0.1) is 0 Å². The van der Waals surface area contributed by atoms with Crippen LogP contribution in [0.2, 0.25) is 0 Å². The normalized spacial score (nSPS) is 22.5. The molecule has 1 aliphatic rings. The summed E-state index contributed by atoms with van der Waals surface area (Å²) in [6.45, 7) is 9.44. The molecule has 1 saturated heterocycles. The number of nitrogens with one attached hydrogen (secondary N) is 2. The smallest absolute Gasteiger partial charge is 0.0957 e. The number of methoxy groups -OCH3 is 1. The summed E-state index contributed by atoms with van der Waals surface area (Å²) in [5, 5.41) is 6.69. The fraction of sp³-hybridized carbons (Fsp3) is 0.579. The molecule has 1 rings (SSSR count). The number of nitrogens with two attached hydrogens (primary N) is 1. The van der Waals surface area contributed by atoms with Crippen molar-refractivity contribution in [2.45, 2.75) is 38.8 Å². The second-order valence-electron chi connectivity index (χ2n) is 6.25. The molecule has 7 nitrogen and oxygen atoms in total. The van der Waals surface area contributed by atoms with Gasteiger partial charge in [-0.2, -0.15) is 0 Å². The van der Waals surface area contributed by atoms with Gasteiger partial charge in [0.25, 0.3) is 0 Å². The fourth-order valence-electron chi connectivity index (χ4n) is 2.87. The van der Waals surface area contributed by atoms with E-state index in [9.17, 15) is 0 Å². The highest BCUT2D eigenvalue weighted by molar-refractivity contribution is 6.23. The number of nitrogens with zero attached hydrogens (tertiary/aromatic N) is 2. The van der Waals surface area contributed by atoms with Crippen molar-refractivity contribution in [3.05, 3.63) is 35.4 Å². The van der Waals surface area contributed by atoms with Crippen molar-refractivity contribution in [2.24, 2.45) is 15.7 Å². The van der Waals surface area contributed by atoms with Crippen LogP contribution in [0.3, 0.4) is 0 Å². The molecule has 0 aromatic rings. The van der Waals surface area contributed by atoms with Gasteiger partial charge in [-0.05, 0) is 32.3 Å². The predicted molar refractivity (Wildman–Crippen MR) is 108 cm³/mol. The molecule has 0 radical (unpaired) electrons. The minimum absolute atomic E-state index is 0.239. The van der Waals surface area contributed by atoms with E-state index in [-0.39, 0.29) is 12.1 Å². The van der Waals surface area contributed by atoms with E-state index in [1.807, 2.05) is 13.8 Å². The first kappa shape index (κ1) is 21.9. The highest BCUT2D eigenvalue weighted by Gasteiger charge is 2.25. The van der Waals surface area contributed by atoms with Gasteiger partial charge in [-0.15, -0.1) is 0 Å². The Balaban J connectivity index is 2.66. The van der Waals surface area contributed by atoms with Crippen molar-refractivity contribution in [1.29, 1.82) is 0 Å². The summed E-state index contributed by atoms with van der Waals surface area (Å²) in [5.41, 5.74) is 9.19. The van der Waals surface area contributed by atoms with Gasteiger partial charge in [0, 0.05) is 51.5 Å². The molecule has 4 N–H and O–H groups in total. The molecule has 0 bridgehead atoms. The molecule has 0 spiro atoms. The van der Waals surface area contributed by atoms with Crippen molar-refractivity contribution < 1.29 is 9.47 Å². The maximum Gasteiger partial charge on any atom is 0.0957 e. The number of ether oxygens (including phenoxy) is 2. The minimum atomic E-state index is 0.239. The lowest BCUT2D eigenvalue weighted by atomic mass is 10.0. The Hall–Kier alpha value is -2.12. The van der Waals surface area contributed by atoms with Crippen molar-refractivity contribution in [3.8, 4) is 0 Å². The molecular formula is C19H33N5O2. The van der Waals surface area contributed by atoms with E-state index < -0.39 is 0 Å². The van der Waals surface area contributed by atoms with Gasteiger partial charge in [0.05, 0.1) is 30.3 Å². The monoisotopic (exact) mass is 363 g/mol. The number of hydrogen-bond donors (Lipinski definition) is 3. The molecule has 2 atom stereocenters. The fourth-order valence-corrected chi connectivity index (χ4v) is 2.87. The summed E-state index contributed by atoms with van der Waals surface area (Å²) in [7, 11) is 5.15. The van der Waals surface area contributed by atoms with Gasteiger partial charge in [0.15, 0.2) is 0 Å². The predicted octanol–water partition coefficient (Wildman–Crippen LogP) is 1.74. The molecule has 0 aromatic heterocycles. The molecule has 0 saturated carbocycles. The van der Waals surface area contributed by atoms with Crippen LogP contribution in [0.1, 0.15) is 26.7 Å². The molecule has 146 valence electrons. The quantitative estimate of drug-likeness (QED) is 0.514. The van der Waals surface area contributed by atoms with Crippen molar-refractivity contribution in [2.75, 3.05) is 34.4 Å². The standard InChI is InChI=1S/C19H33N5O2/c1-13(19(22-5)16(10-20)11-21-4)14(2)23-15(3)24-17-9-18(26-12-17)7-8-25-6/h10-11,17-18,23-24H,3,7-9,12,20H2,1-2,4-6H3/b14-13+,16-10?,21-11?,22-19?/t17-,18?/m1/s1. The largest absolute Gasteiger partial charge is 0.404 e. The first-order valence-corrected chi connectivity index (χ1v) is 8.78. The Kier molecular flexibility index (Phi) is 9.69. The maximum absolute atomic E-state index is 5.77. The lowest BCUT2D eigenvalue weighted by molar-refractivity contribution is 0.0741. The number of allylic oxidation sites excluding steroid dienone is 3. The summed E-state index contributed by atoms with van der Waals surface area (Å²) in [4.78, 5) is 8.37. The number of aliphatic imine (C=N–C) groups is 2. The van der Waals surface area contributed by atoms with E-state index in [4.69, 9.17) is 15.2 Å². The summed E-state index contributed by atoms with van der Waals surface area (Å²) in [6, 6.07) is 0.246. The second kappa shape index (κ2) is 11.5. The van der Waals surface area contributed by atoms with Crippen LogP contribution in [-0.4, -0.2) is 58.5 Å². The topological polar surface area (TPSA) is 93.3 Å². The molecular weight excluding hydrogens is 330 g/mol. The molecule has 0 amide bonds. The van der Waals surface area contributed by atoms with Gasteiger partial charge < -0.3 is 25.8 Å². The van der Waals surface area contributed by atoms with Gasteiger partial charge in [-0.25, -0.2) is 0 Å². The third kappa shape index (κ3) is 6.65. The Morgan fingerprint density at radius 3 is 2.69 bits per heavy atom. The molecule has 0 aliphatic carbocycles. The minimum Gasteiger partial charge on any atom is -0.404 e. The number of hydrogen-bond acceptors (Lipinski definition) is 7. The van der Waals surface area contributed by atoms with E-state index >= 15 is 0 Å². The molecule has 26 heavy (non-hydrogen) atoms. The lowest BCUT2D eigenvalue weighted by Crippen LogP contribution is -2.34. The second-order valence-corrected chi connectivity index (χ2v) is 6.25. The van der Waals surface area contributed by atoms with Crippen molar-refractivity contribution >= 4 is 11.9 Å². The summed E-state index contributed by atoms with van der Waals surface area (Å²) in [5.74, 6) is 0.737. The zero-order valence-corrected chi connectivity index (χ0v) is 16.6. The maximum atomic E-state index is 5.77. The van der Waals surface area contributed by atoms with Gasteiger partial charge in [-0.1, -0.05) is 6.58 Å². The zero-order valence-electron chi connectivity index (χ0n) is 16.6. The average Bonchev–Trinajstić information content (AvgIpc) is 3.06. The van der Waals surface area contributed by atoms with E-state index in [1.54, 1.807) is 27.4 Å². The summed E-state index contributed by atoms with van der Waals surface area (Å²) >= 11 is 0. The summed E-state index contributed by atoms with van der Waals surface area (Å²) in [6.07, 6.45) is 5.30. The molecule has 1 heterocycles. The average molecular weight is 364 g/mol. The zero-order chi connectivity index (χ0) is 19.5. The first-order valence-electron chi connectivity index (χ1n) is 8.78. The van der Waals surface area contributed by atoms with Crippen LogP contribution >= 0.6 is 0 Å². The van der Waals surface area contributed by atoms with Gasteiger partial charge in [-0.3, -0.25) is 9.98 Å². The highest BCUT2D eigenvalue weighted by atomic mass is 16.5.